The van der Waals surface area contributed by atoms with E-state index in [4.69, 9.17) is 17.3 Å². The first kappa shape index (κ1) is 7.51. The second kappa shape index (κ2) is 2.99. The average molecular weight is 149 g/mol. The van der Waals surface area contributed by atoms with E-state index in [1.54, 1.807) is 0 Å². The molecule has 11 heavy (non-hydrogen) atoms. The normalized spacial score (nSPS) is 9.09. The summed E-state index contributed by atoms with van der Waals surface area (Å²) in [6.45, 7) is -0.179. The Morgan fingerprint density at radius 3 is 2.91 bits per heavy atom. The number of aromatic nitrogens is 2. The molecule has 0 aromatic carbocycles. The van der Waals surface area contributed by atoms with Crippen LogP contribution in [0, 0.1) is 12.3 Å². The monoisotopic (exact) mass is 149 g/mol. The fourth-order valence-corrected chi connectivity index (χ4v) is 0.664. The van der Waals surface area contributed by atoms with Crippen molar-refractivity contribution in [2.75, 3.05) is 5.73 Å². The smallest absolute Gasteiger partial charge is 0.206 e. The third-order valence-electron chi connectivity index (χ3n) is 1.09. The number of nitrogen functional groups attached to an aromatic ring is 1. The van der Waals surface area contributed by atoms with Crippen LogP contribution in [0.3, 0.4) is 0 Å². The maximum absolute atomic E-state index is 8.67. The number of terminal acetylenes is 1. The molecule has 0 aliphatic carbocycles. The van der Waals surface area contributed by atoms with Gasteiger partial charge in [-0.1, -0.05) is 0 Å². The van der Waals surface area contributed by atoms with Gasteiger partial charge in [0.15, 0.2) is 0 Å². The van der Waals surface area contributed by atoms with Crippen molar-refractivity contribution >= 4 is 5.82 Å². The fourth-order valence-electron chi connectivity index (χ4n) is 0.664. The van der Waals surface area contributed by atoms with Gasteiger partial charge in [-0.3, -0.25) is 0 Å². The predicted molar refractivity (Wildman–Crippen MR) is 40.3 cm³/mol. The van der Waals surface area contributed by atoms with E-state index in [1.165, 1.54) is 6.07 Å². The zero-order valence-electron chi connectivity index (χ0n) is 5.78. The maximum Gasteiger partial charge on any atom is 0.206 e. The molecule has 4 heteroatoms. The standard InChI is InChI=1S/C7H7N3O/c1-2-7-9-5(4-11)3-6(8)10-7/h1,3,11H,4H2,(H2,8,9,10). The Kier molecular flexibility index (Phi) is 2.04. The Morgan fingerprint density at radius 1 is 1.64 bits per heavy atom. The molecule has 1 heterocycles. The number of nitrogens with two attached hydrogens (primary N) is 1. The highest BCUT2D eigenvalue weighted by molar-refractivity contribution is 5.33. The van der Waals surface area contributed by atoms with Crippen LogP contribution >= 0.6 is 0 Å². The molecule has 0 amide bonds. The summed E-state index contributed by atoms with van der Waals surface area (Å²) in [4.78, 5) is 7.51. The highest BCUT2D eigenvalue weighted by atomic mass is 16.3. The minimum Gasteiger partial charge on any atom is -0.390 e. The van der Waals surface area contributed by atoms with E-state index in [0.717, 1.165) is 0 Å². The third-order valence-corrected chi connectivity index (χ3v) is 1.09. The van der Waals surface area contributed by atoms with Crippen molar-refractivity contribution in [3.05, 3.63) is 17.6 Å². The number of aliphatic hydroxyl groups is 1. The molecule has 4 nitrogen and oxygen atoms in total. The van der Waals surface area contributed by atoms with Gasteiger partial charge in [-0.25, -0.2) is 9.97 Å². The summed E-state index contributed by atoms with van der Waals surface area (Å²) >= 11 is 0. The van der Waals surface area contributed by atoms with E-state index in [0.29, 0.717) is 5.69 Å². The Bertz CT molecular complexity index is 303. The quantitative estimate of drug-likeness (QED) is 0.529. The molecule has 1 aromatic heterocycles. The number of hydrogen-bond acceptors (Lipinski definition) is 4. The van der Waals surface area contributed by atoms with Crippen molar-refractivity contribution in [1.82, 2.24) is 9.97 Å². The zero-order valence-corrected chi connectivity index (χ0v) is 5.78. The molecule has 0 spiro atoms. The summed E-state index contributed by atoms with van der Waals surface area (Å²) in [5, 5.41) is 8.67. The van der Waals surface area contributed by atoms with Crippen LogP contribution in [0.1, 0.15) is 11.5 Å². The number of aliphatic hydroxyl groups excluding tert-OH is 1. The molecule has 1 aromatic rings. The van der Waals surface area contributed by atoms with Gasteiger partial charge in [0.05, 0.1) is 12.3 Å². The van der Waals surface area contributed by atoms with Crippen LogP contribution in [0.15, 0.2) is 6.07 Å². The van der Waals surface area contributed by atoms with E-state index in [1.807, 2.05) is 0 Å². The molecule has 0 unspecified atom stereocenters. The fraction of sp³-hybridized carbons (Fsp3) is 0.143. The van der Waals surface area contributed by atoms with Crippen molar-refractivity contribution in [3.63, 3.8) is 0 Å². The van der Waals surface area contributed by atoms with E-state index in [2.05, 4.69) is 15.9 Å². The van der Waals surface area contributed by atoms with E-state index in [-0.39, 0.29) is 18.2 Å². The lowest BCUT2D eigenvalue weighted by atomic mass is 10.4. The minimum atomic E-state index is -0.179. The first-order valence-electron chi connectivity index (χ1n) is 2.97. The van der Waals surface area contributed by atoms with Crippen molar-refractivity contribution in [1.29, 1.82) is 0 Å². The van der Waals surface area contributed by atoms with Gasteiger partial charge < -0.3 is 10.8 Å². The zero-order chi connectivity index (χ0) is 8.27. The highest BCUT2D eigenvalue weighted by Crippen LogP contribution is 2.01. The topological polar surface area (TPSA) is 72.0 Å². The Hall–Kier alpha value is -1.60. The lowest BCUT2D eigenvalue weighted by Gasteiger charge is -1.97. The van der Waals surface area contributed by atoms with Crippen molar-refractivity contribution < 1.29 is 5.11 Å². The maximum atomic E-state index is 8.67. The molecule has 0 aliphatic rings. The van der Waals surface area contributed by atoms with Gasteiger partial charge in [0.1, 0.15) is 5.82 Å². The molecule has 0 saturated carbocycles. The number of rotatable bonds is 1. The van der Waals surface area contributed by atoms with Gasteiger partial charge in [0, 0.05) is 6.07 Å². The van der Waals surface area contributed by atoms with Gasteiger partial charge >= 0.3 is 0 Å². The van der Waals surface area contributed by atoms with Gasteiger partial charge in [0.25, 0.3) is 0 Å². The molecular weight excluding hydrogens is 142 g/mol. The summed E-state index contributed by atoms with van der Waals surface area (Å²) in [5.41, 5.74) is 5.79. The van der Waals surface area contributed by atoms with Crippen LogP contribution in [-0.2, 0) is 6.61 Å². The molecule has 0 atom stereocenters. The van der Waals surface area contributed by atoms with Crippen molar-refractivity contribution in [3.8, 4) is 12.3 Å². The lowest BCUT2D eigenvalue weighted by Crippen LogP contribution is -2.00. The molecule has 3 N–H and O–H groups in total. The Morgan fingerprint density at radius 2 is 2.36 bits per heavy atom. The SMILES string of the molecule is C#Cc1nc(N)cc(CO)n1. The largest absolute Gasteiger partial charge is 0.390 e. The van der Waals surface area contributed by atoms with Gasteiger partial charge in [-0.05, 0) is 5.92 Å². The van der Waals surface area contributed by atoms with Crippen molar-refractivity contribution in [2.24, 2.45) is 0 Å². The Balaban J connectivity index is 3.15. The van der Waals surface area contributed by atoms with Gasteiger partial charge in [-0.2, -0.15) is 0 Å². The van der Waals surface area contributed by atoms with Crippen molar-refractivity contribution in [2.45, 2.75) is 6.61 Å². The van der Waals surface area contributed by atoms with Crippen LogP contribution in [0.4, 0.5) is 5.82 Å². The number of nitrogens with zero attached hydrogens (tertiary/aromatic N) is 2. The van der Waals surface area contributed by atoms with Crippen LogP contribution in [0.5, 0.6) is 0 Å². The third kappa shape index (κ3) is 1.66. The van der Waals surface area contributed by atoms with E-state index in [9.17, 15) is 0 Å². The number of anilines is 1. The summed E-state index contributed by atoms with van der Waals surface area (Å²) in [5.74, 6) is 2.71. The van der Waals surface area contributed by atoms with Crippen LogP contribution in [-0.4, -0.2) is 15.1 Å². The molecule has 0 radical (unpaired) electrons. The minimum absolute atomic E-state index is 0.179. The lowest BCUT2D eigenvalue weighted by molar-refractivity contribution is 0.276. The second-order valence-corrected chi connectivity index (χ2v) is 1.91. The van der Waals surface area contributed by atoms with E-state index < -0.39 is 0 Å². The molecule has 56 valence electrons. The molecule has 0 saturated heterocycles. The van der Waals surface area contributed by atoms with E-state index >= 15 is 0 Å². The summed E-state index contributed by atoms with van der Waals surface area (Å²) in [6.07, 6.45) is 5.03. The average Bonchev–Trinajstić information content (AvgIpc) is 2.03. The second-order valence-electron chi connectivity index (χ2n) is 1.91. The van der Waals surface area contributed by atoms with Crippen LogP contribution in [0.2, 0.25) is 0 Å². The summed E-state index contributed by atoms with van der Waals surface area (Å²) in [6, 6.07) is 1.47. The summed E-state index contributed by atoms with van der Waals surface area (Å²) in [7, 11) is 0. The highest BCUT2D eigenvalue weighted by Gasteiger charge is 1.97. The Labute approximate surface area is 64.1 Å². The summed E-state index contributed by atoms with van der Waals surface area (Å²) < 4.78 is 0. The molecular formula is C7H7N3O. The first-order chi connectivity index (χ1) is 5.26. The molecule has 0 bridgehead atoms. The van der Waals surface area contributed by atoms with Crippen LogP contribution < -0.4 is 5.73 Å². The van der Waals surface area contributed by atoms with Gasteiger partial charge in [-0.15, -0.1) is 6.42 Å². The number of hydrogen-bond donors (Lipinski definition) is 2. The molecule has 0 fully saturated rings. The van der Waals surface area contributed by atoms with Crippen LogP contribution in [0.25, 0.3) is 0 Å². The predicted octanol–water partition coefficient (Wildman–Crippen LogP) is -0.468. The first-order valence-corrected chi connectivity index (χ1v) is 2.97. The van der Waals surface area contributed by atoms with Gasteiger partial charge in [0.2, 0.25) is 5.82 Å². The molecule has 0 aliphatic heterocycles. The molecule has 1 rings (SSSR count).